The Morgan fingerprint density at radius 3 is 2.24 bits per heavy atom. The molecule has 0 bridgehead atoms. The Hall–Kier alpha value is -1.18. The van der Waals surface area contributed by atoms with Crippen molar-refractivity contribution in [1.29, 1.82) is 0 Å². The van der Waals surface area contributed by atoms with Gasteiger partial charge in [-0.1, -0.05) is 0 Å². The number of likely N-dealkylation sites (tertiary alicyclic amines) is 1. The summed E-state index contributed by atoms with van der Waals surface area (Å²) < 4.78 is 17.1. The molecule has 0 spiro atoms. The van der Waals surface area contributed by atoms with Gasteiger partial charge in [0.15, 0.2) is 0 Å². The summed E-state index contributed by atoms with van der Waals surface area (Å²) in [6.45, 7) is 7.07. The lowest BCUT2D eigenvalue weighted by Gasteiger charge is -2.33. The van der Waals surface area contributed by atoms with Crippen LogP contribution < -0.4 is 0 Å². The second-order valence-electron chi connectivity index (χ2n) is 7.90. The Kier molecular flexibility index (Phi) is 7.22. The summed E-state index contributed by atoms with van der Waals surface area (Å²) in [7, 11) is 0. The molecule has 0 amide bonds. The number of carbonyl (C=O) groups is 2. The van der Waals surface area contributed by atoms with E-state index in [1.54, 1.807) is 0 Å². The van der Waals surface area contributed by atoms with Crippen molar-refractivity contribution in [3.8, 4) is 0 Å². The quantitative estimate of drug-likeness (QED) is 0.553. The van der Waals surface area contributed by atoms with E-state index >= 15 is 0 Å². The molecule has 2 aliphatic rings. The van der Waals surface area contributed by atoms with Gasteiger partial charge in [-0.15, -0.1) is 0 Å². The van der Waals surface area contributed by atoms with Gasteiger partial charge in [-0.25, -0.2) is 4.79 Å². The summed E-state index contributed by atoms with van der Waals surface area (Å²) in [6.07, 6.45) is 4.23. The highest BCUT2D eigenvalue weighted by Crippen LogP contribution is 2.28. The first-order chi connectivity index (χ1) is 11.7. The van der Waals surface area contributed by atoms with E-state index in [9.17, 15) is 9.59 Å². The number of hydrogen-bond donors (Lipinski definition) is 1. The number of ether oxygens (including phenoxy) is 3. The minimum Gasteiger partial charge on any atom is -0.481 e. The van der Waals surface area contributed by atoms with Gasteiger partial charge >= 0.3 is 11.9 Å². The van der Waals surface area contributed by atoms with Crippen LogP contribution in [-0.2, 0) is 23.8 Å². The summed E-state index contributed by atoms with van der Waals surface area (Å²) in [5.74, 6) is -1.40. The average Bonchev–Trinajstić information content (AvgIpc) is 3.04. The lowest BCUT2D eigenvalue weighted by Crippen LogP contribution is -2.42. The summed E-state index contributed by atoms with van der Waals surface area (Å²) in [6, 6.07) is 0. The normalized spacial score (nSPS) is 26.4. The molecule has 25 heavy (non-hydrogen) atoms. The Balaban J connectivity index is 1.84. The van der Waals surface area contributed by atoms with Crippen molar-refractivity contribution in [2.24, 2.45) is 5.92 Å². The smallest absolute Gasteiger partial charge is 0.332 e. The molecule has 7 heteroatoms. The van der Waals surface area contributed by atoms with Crippen molar-refractivity contribution in [3.63, 3.8) is 0 Å². The summed E-state index contributed by atoms with van der Waals surface area (Å²) in [5.41, 5.74) is -0.542. The maximum atomic E-state index is 11.9. The van der Waals surface area contributed by atoms with E-state index in [-0.39, 0.29) is 18.6 Å². The minimum absolute atomic E-state index is 0.0279. The number of aliphatic carboxylic acids is 1. The van der Waals surface area contributed by atoms with Crippen LogP contribution in [-0.4, -0.2) is 59.8 Å². The van der Waals surface area contributed by atoms with E-state index in [0.717, 1.165) is 25.9 Å². The van der Waals surface area contributed by atoms with Crippen molar-refractivity contribution < 1.29 is 28.9 Å². The molecule has 1 saturated heterocycles. The van der Waals surface area contributed by atoms with Gasteiger partial charge in [0, 0.05) is 13.1 Å². The van der Waals surface area contributed by atoms with E-state index in [1.807, 2.05) is 20.8 Å². The van der Waals surface area contributed by atoms with Crippen LogP contribution in [0.5, 0.6) is 0 Å². The van der Waals surface area contributed by atoms with E-state index in [2.05, 4.69) is 4.90 Å². The number of carboxylic acids is 1. The van der Waals surface area contributed by atoms with Crippen LogP contribution in [0, 0.1) is 5.92 Å². The number of rotatable bonds is 7. The molecule has 0 aromatic heterocycles. The first-order valence-electron chi connectivity index (χ1n) is 9.20. The van der Waals surface area contributed by atoms with E-state index in [0.29, 0.717) is 25.7 Å². The molecule has 1 atom stereocenters. The maximum absolute atomic E-state index is 11.9. The molecule has 0 aromatic carbocycles. The van der Waals surface area contributed by atoms with Crippen molar-refractivity contribution in [2.75, 3.05) is 19.7 Å². The topological polar surface area (TPSA) is 85.3 Å². The van der Waals surface area contributed by atoms with Crippen LogP contribution in [0.3, 0.4) is 0 Å². The molecule has 2 fully saturated rings. The van der Waals surface area contributed by atoms with Gasteiger partial charge in [0.05, 0.1) is 12.0 Å². The number of nitrogens with zero attached hydrogens (tertiary/aromatic N) is 1. The first kappa shape index (κ1) is 20.1. The number of hydrogen-bond acceptors (Lipinski definition) is 6. The Morgan fingerprint density at radius 2 is 1.72 bits per heavy atom. The van der Waals surface area contributed by atoms with Crippen LogP contribution in [0.2, 0.25) is 0 Å². The van der Waals surface area contributed by atoms with Gasteiger partial charge in [0.2, 0.25) is 6.41 Å². The molecule has 1 heterocycles. The number of esters is 1. The Bertz CT molecular complexity index is 447. The van der Waals surface area contributed by atoms with Gasteiger partial charge in [-0.05, 0) is 59.3 Å². The maximum Gasteiger partial charge on any atom is 0.332 e. The van der Waals surface area contributed by atoms with Crippen molar-refractivity contribution >= 4 is 11.9 Å². The fraction of sp³-hybridized carbons (Fsp3) is 0.889. The Labute approximate surface area is 149 Å². The summed E-state index contributed by atoms with van der Waals surface area (Å²) in [5, 5.41) is 9.09. The zero-order valence-electron chi connectivity index (χ0n) is 15.5. The van der Waals surface area contributed by atoms with Gasteiger partial charge in [0.25, 0.3) is 0 Å². The van der Waals surface area contributed by atoms with Crippen LogP contribution in [0.4, 0.5) is 0 Å². The predicted molar refractivity (Wildman–Crippen MR) is 90.9 cm³/mol. The SMILES string of the molecule is CC(C)(C)OC(=O)COC(O[C@H]1CC[C@H](C(=O)O)CC1)N1CCCC1. The minimum atomic E-state index is -0.726. The average molecular weight is 357 g/mol. The number of carboxylic acid groups (broad SMARTS) is 1. The molecule has 0 aromatic rings. The second kappa shape index (κ2) is 8.96. The monoisotopic (exact) mass is 357 g/mol. The highest BCUT2D eigenvalue weighted by atomic mass is 16.7. The lowest BCUT2D eigenvalue weighted by atomic mass is 9.87. The van der Waals surface area contributed by atoms with E-state index < -0.39 is 24.0 Å². The zero-order valence-corrected chi connectivity index (χ0v) is 15.5. The number of carbonyl (C=O) groups excluding carboxylic acids is 1. The van der Waals surface area contributed by atoms with Crippen LogP contribution in [0.15, 0.2) is 0 Å². The van der Waals surface area contributed by atoms with Gasteiger partial charge in [0.1, 0.15) is 12.2 Å². The van der Waals surface area contributed by atoms with Crippen molar-refractivity contribution in [3.05, 3.63) is 0 Å². The van der Waals surface area contributed by atoms with Crippen molar-refractivity contribution in [2.45, 2.75) is 77.4 Å². The zero-order chi connectivity index (χ0) is 18.4. The summed E-state index contributed by atoms with van der Waals surface area (Å²) in [4.78, 5) is 25.1. The summed E-state index contributed by atoms with van der Waals surface area (Å²) >= 11 is 0. The van der Waals surface area contributed by atoms with Crippen LogP contribution in [0.1, 0.15) is 59.3 Å². The largest absolute Gasteiger partial charge is 0.481 e. The lowest BCUT2D eigenvalue weighted by molar-refractivity contribution is -0.248. The fourth-order valence-corrected chi connectivity index (χ4v) is 3.30. The molecule has 1 unspecified atom stereocenters. The molecular weight excluding hydrogens is 326 g/mol. The third-order valence-electron chi connectivity index (χ3n) is 4.53. The van der Waals surface area contributed by atoms with Crippen LogP contribution >= 0.6 is 0 Å². The highest BCUT2D eigenvalue weighted by molar-refractivity contribution is 5.71. The Morgan fingerprint density at radius 1 is 1.12 bits per heavy atom. The third-order valence-corrected chi connectivity index (χ3v) is 4.53. The molecule has 1 N–H and O–H groups in total. The van der Waals surface area contributed by atoms with Gasteiger partial charge in [-0.3, -0.25) is 9.69 Å². The van der Waals surface area contributed by atoms with Crippen LogP contribution in [0.25, 0.3) is 0 Å². The molecule has 1 aliphatic carbocycles. The molecule has 1 saturated carbocycles. The van der Waals surface area contributed by atoms with Gasteiger partial charge < -0.3 is 19.3 Å². The van der Waals surface area contributed by atoms with E-state index in [1.165, 1.54) is 0 Å². The third kappa shape index (κ3) is 6.92. The second-order valence-corrected chi connectivity index (χ2v) is 7.90. The van der Waals surface area contributed by atoms with E-state index in [4.69, 9.17) is 19.3 Å². The highest BCUT2D eigenvalue weighted by Gasteiger charge is 2.31. The van der Waals surface area contributed by atoms with Gasteiger partial charge in [-0.2, -0.15) is 0 Å². The van der Waals surface area contributed by atoms with Crippen molar-refractivity contribution in [1.82, 2.24) is 4.90 Å². The molecule has 1 aliphatic heterocycles. The molecule has 144 valence electrons. The predicted octanol–water partition coefficient (Wildman–Crippen LogP) is 2.38. The first-order valence-corrected chi connectivity index (χ1v) is 9.20. The molecule has 2 rings (SSSR count). The fourth-order valence-electron chi connectivity index (χ4n) is 3.30. The molecule has 7 nitrogen and oxygen atoms in total. The molecular formula is C18H31NO6. The standard InChI is InChI=1S/C18H31NO6/c1-18(2,3)25-15(20)12-23-17(19-10-4-5-11-19)24-14-8-6-13(7-9-14)16(21)22/h13-14,17H,4-12H2,1-3H3,(H,21,22)/t13-,14-,17?. The molecule has 0 radical (unpaired) electrons.